The summed E-state index contributed by atoms with van der Waals surface area (Å²) in [4.78, 5) is 11.9. The molecule has 0 amide bonds. The average Bonchev–Trinajstić information content (AvgIpc) is 3.46. The normalized spacial score (nSPS) is 13.5. The largest absolute Gasteiger partial charge is 0.488 e. The smallest absolute Gasteiger partial charge is 0.310 e. The number of hydrogen-bond acceptors (Lipinski definition) is 5. The van der Waals surface area contributed by atoms with Gasteiger partial charge in [0.2, 0.25) is 0 Å². The molecule has 1 heterocycles. The number of carbonyl (C=O) groups is 1. The van der Waals surface area contributed by atoms with Gasteiger partial charge >= 0.3 is 5.97 Å². The van der Waals surface area contributed by atoms with Crippen LogP contribution in [0.5, 0.6) is 5.75 Å². The van der Waals surface area contributed by atoms with Gasteiger partial charge in [-0.25, -0.2) is 0 Å². The fourth-order valence-electron chi connectivity index (χ4n) is 3.51. The fraction of sp³-hybridized carbons (Fsp3) is 0.375. The maximum Gasteiger partial charge on any atom is 0.310 e. The van der Waals surface area contributed by atoms with E-state index < -0.39 is 0 Å². The Morgan fingerprint density at radius 1 is 1.20 bits per heavy atom. The minimum atomic E-state index is -0.255. The monoisotopic (exact) mass is 471 g/mol. The first-order valence-electron chi connectivity index (χ1n) is 10.4. The molecule has 4 rings (SSSR count). The average molecular weight is 472 g/mol. The molecule has 1 aromatic heterocycles. The quantitative estimate of drug-likeness (QED) is 0.402. The van der Waals surface area contributed by atoms with E-state index in [4.69, 9.17) is 13.9 Å². The summed E-state index contributed by atoms with van der Waals surface area (Å²) in [5.74, 6) is 1.26. The summed E-state index contributed by atoms with van der Waals surface area (Å²) in [7, 11) is 0. The SMILES string of the molecule is CCOC(=O)Cc1ccccc1OCc1coc2c(CNCC3CC3)cc(Br)cc12. The second-order valence-corrected chi connectivity index (χ2v) is 8.57. The van der Waals surface area contributed by atoms with E-state index >= 15 is 0 Å². The van der Waals surface area contributed by atoms with Gasteiger partial charge in [-0.3, -0.25) is 4.79 Å². The molecule has 6 heteroatoms. The first-order chi connectivity index (χ1) is 14.6. The third kappa shape index (κ3) is 5.24. The van der Waals surface area contributed by atoms with E-state index in [1.807, 2.05) is 24.3 Å². The molecule has 0 atom stereocenters. The van der Waals surface area contributed by atoms with E-state index in [0.29, 0.717) is 19.0 Å². The van der Waals surface area contributed by atoms with Crippen molar-refractivity contribution in [1.82, 2.24) is 5.32 Å². The number of rotatable bonds is 10. The van der Waals surface area contributed by atoms with E-state index in [0.717, 1.165) is 51.1 Å². The van der Waals surface area contributed by atoms with Crippen LogP contribution in [0.1, 0.15) is 36.5 Å². The second-order valence-electron chi connectivity index (χ2n) is 7.66. The van der Waals surface area contributed by atoms with Crippen LogP contribution in [0.3, 0.4) is 0 Å². The number of halogens is 1. The Labute approximate surface area is 184 Å². The van der Waals surface area contributed by atoms with Gasteiger partial charge in [-0.15, -0.1) is 0 Å². The molecular weight excluding hydrogens is 446 g/mol. The lowest BCUT2D eigenvalue weighted by atomic mass is 10.1. The van der Waals surface area contributed by atoms with E-state index in [9.17, 15) is 4.79 Å². The summed E-state index contributed by atoms with van der Waals surface area (Å²) in [6.45, 7) is 4.37. The van der Waals surface area contributed by atoms with Gasteiger partial charge in [-0.05, 0) is 50.4 Å². The molecule has 30 heavy (non-hydrogen) atoms. The Morgan fingerprint density at radius 3 is 2.83 bits per heavy atom. The molecule has 2 aromatic carbocycles. The summed E-state index contributed by atoms with van der Waals surface area (Å²) in [5, 5.41) is 4.57. The Bertz CT molecular complexity index is 1030. The highest BCUT2D eigenvalue weighted by molar-refractivity contribution is 9.10. The molecule has 158 valence electrons. The molecule has 0 radical (unpaired) electrons. The van der Waals surface area contributed by atoms with Crippen molar-refractivity contribution in [2.24, 2.45) is 5.92 Å². The van der Waals surface area contributed by atoms with Crippen LogP contribution in [-0.2, 0) is 29.1 Å². The van der Waals surface area contributed by atoms with Gasteiger partial charge in [-0.1, -0.05) is 34.1 Å². The standard InChI is InChI=1S/C24H26BrNO4/c1-2-28-23(27)10-17-5-3-4-6-22(17)29-14-19-15-30-24-18(9-20(25)11-21(19)24)13-26-12-16-7-8-16/h3-6,9,11,15-16,26H,2,7-8,10,12-14H2,1H3. The molecule has 0 saturated heterocycles. The highest BCUT2D eigenvalue weighted by Crippen LogP contribution is 2.31. The molecule has 0 spiro atoms. The van der Waals surface area contributed by atoms with Crippen LogP contribution in [0.15, 0.2) is 51.6 Å². The minimum Gasteiger partial charge on any atom is -0.488 e. The van der Waals surface area contributed by atoms with Crippen molar-refractivity contribution in [3.8, 4) is 5.75 Å². The zero-order valence-corrected chi connectivity index (χ0v) is 18.7. The lowest BCUT2D eigenvalue weighted by Gasteiger charge is -2.11. The first-order valence-corrected chi connectivity index (χ1v) is 11.2. The number of carbonyl (C=O) groups excluding carboxylic acids is 1. The Hall–Kier alpha value is -2.31. The highest BCUT2D eigenvalue weighted by atomic mass is 79.9. The maximum absolute atomic E-state index is 11.9. The van der Waals surface area contributed by atoms with E-state index in [1.165, 1.54) is 12.8 Å². The third-order valence-electron chi connectivity index (χ3n) is 5.24. The highest BCUT2D eigenvalue weighted by Gasteiger charge is 2.21. The number of furan rings is 1. The van der Waals surface area contributed by atoms with Crippen molar-refractivity contribution in [2.45, 2.75) is 39.3 Å². The van der Waals surface area contributed by atoms with Crippen LogP contribution >= 0.6 is 15.9 Å². The van der Waals surface area contributed by atoms with Crippen molar-refractivity contribution in [2.75, 3.05) is 13.2 Å². The van der Waals surface area contributed by atoms with Crippen LogP contribution < -0.4 is 10.1 Å². The number of para-hydroxylation sites is 1. The van der Waals surface area contributed by atoms with Crippen LogP contribution in [0.2, 0.25) is 0 Å². The van der Waals surface area contributed by atoms with Gasteiger partial charge in [0.15, 0.2) is 0 Å². The van der Waals surface area contributed by atoms with Crippen LogP contribution in [-0.4, -0.2) is 19.1 Å². The number of nitrogens with one attached hydrogen (secondary N) is 1. The predicted octanol–water partition coefficient (Wildman–Crippen LogP) is 5.38. The third-order valence-corrected chi connectivity index (χ3v) is 5.69. The second kappa shape index (κ2) is 9.67. The summed E-state index contributed by atoms with van der Waals surface area (Å²) < 4.78 is 18.1. The topological polar surface area (TPSA) is 60.7 Å². The zero-order chi connectivity index (χ0) is 20.9. The maximum atomic E-state index is 11.9. The molecular formula is C24H26BrNO4. The Balaban J connectivity index is 1.48. The lowest BCUT2D eigenvalue weighted by molar-refractivity contribution is -0.142. The molecule has 5 nitrogen and oxygen atoms in total. The van der Waals surface area contributed by atoms with Gasteiger partial charge in [0.1, 0.15) is 17.9 Å². The molecule has 1 N–H and O–H groups in total. The fourth-order valence-corrected chi connectivity index (χ4v) is 4.02. The summed E-state index contributed by atoms with van der Waals surface area (Å²) in [6.07, 6.45) is 4.62. The minimum absolute atomic E-state index is 0.193. The van der Waals surface area contributed by atoms with E-state index in [1.54, 1.807) is 13.2 Å². The zero-order valence-electron chi connectivity index (χ0n) is 17.1. The summed E-state index contributed by atoms with van der Waals surface area (Å²) in [5.41, 5.74) is 3.81. The van der Waals surface area contributed by atoms with E-state index in [-0.39, 0.29) is 12.4 Å². The van der Waals surface area contributed by atoms with E-state index in [2.05, 4.69) is 33.4 Å². The van der Waals surface area contributed by atoms with Crippen LogP contribution in [0, 0.1) is 5.92 Å². The van der Waals surface area contributed by atoms with Gasteiger partial charge < -0.3 is 19.2 Å². The molecule has 0 bridgehead atoms. The molecule has 0 aliphatic heterocycles. The van der Waals surface area contributed by atoms with Crippen LogP contribution in [0.25, 0.3) is 11.0 Å². The van der Waals surface area contributed by atoms with Crippen molar-refractivity contribution in [1.29, 1.82) is 0 Å². The molecule has 0 unspecified atom stereocenters. The summed E-state index contributed by atoms with van der Waals surface area (Å²) in [6, 6.07) is 11.7. The van der Waals surface area contributed by atoms with Crippen molar-refractivity contribution in [3.63, 3.8) is 0 Å². The van der Waals surface area contributed by atoms with Crippen LogP contribution in [0.4, 0.5) is 0 Å². The number of ether oxygens (including phenoxy) is 2. The van der Waals surface area contributed by atoms with Crippen molar-refractivity contribution in [3.05, 3.63) is 63.8 Å². The van der Waals surface area contributed by atoms with Crippen molar-refractivity contribution < 1.29 is 18.7 Å². The predicted molar refractivity (Wildman–Crippen MR) is 119 cm³/mol. The number of fused-ring (bicyclic) bond motifs is 1. The Kier molecular flexibility index (Phi) is 6.75. The molecule has 1 aliphatic carbocycles. The van der Waals surface area contributed by atoms with Gasteiger partial charge in [-0.2, -0.15) is 0 Å². The summed E-state index contributed by atoms with van der Waals surface area (Å²) >= 11 is 3.62. The van der Waals surface area contributed by atoms with Crippen molar-refractivity contribution >= 4 is 32.9 Å². The lowest BCUT2D eigenvalue weighted by Crippen LogP contribution is -2.16. The van der Waals surface area contributed by atoms with Gasteiger partial charge in [0.25, 0.3) is 0 Å². The number of hydrogen-bond donors (Lipinski definition) is 1. The molecule has 1 aliphatic rings. The molecule has 1 fully saturated rings. The van der Waals surface area contributed by atoms with Gasteiger partial charge in [0.05, 0.1) is 19.3 Å². The number of esters is 1. The number of benzene rings is 2. The molecule has 3 aromatic rings. The Morgan fingerprint density at radius 2 is 2.03 bits per heavy atom. The van der Waals surface area contributed by atoms with Gasteiger partial charge in [0, 0.05) is 33.1 Å². The first kappa shape index (κ1) is 20.9. The molecule has 1 saturated carbocycles.